The third-order valence-corrected chi connectivity index (χ3v) is 1.90. The number of nitrogens with zero attached hydrogens (tertiary/aromatic N) is 1. The number of nitro benzene ring substituents is 1. The lowest BCUT2D eigenvalue weighted by atomic mass is 10.3. The van der Waals surface area contributed by atoms with Gasteiger partial charge in [0, 0.05) is 6.07 Å². The summed E-state index contributed by atoms with van der Waals surface area (Å²) in [5.74, 6) is 0. The summed E-state index contributed by atoms with van der Waals surface area (Å²) in [6.45, 7) is 1.17. The molecule has 1 aromatic rings. The quantitative estimate of drug-likeness (QED) is 0.418. The Balaban J connectivity index is 2.90. The molecule has 0 saturated carbocycles. The number of hydrogen-bond donors (Lipinski definition) is 0. The van der Waals surface area contributed by atoms with Crippen LogP contribution in [-0.2, 0) is 8.98 Å². The van der Waals surface area contributed by atoms with Gasteiger partial charge in [-0.15, -0.1) is 0 Å². The molecule has 0 spiro atoms. The highest BCUT2D eigenvalue weighted by atomic mass is 32.2. The summed E-state index contributed by atoms with van der Waals surface area (Å²) < 4.78 is 4.22. The summed E-state index contributed by atoms with van der Waals surface area (Å²) >= 11 is 0.610. The van der Waals surface area contributed by atoms with Gasteiger partial charge in [0.15, 0.2) is 0 Å². The van der Waals surface area contributed by atoms with Crippen LogP contribution in [0, 0.1) is 10.1 Å². The monoisotopic (exact) mass is 198 g/mol. The number of para-hydroxylation sites is 1. The Hall–Kier alpha value is -1.56. The van der Waals surface area contributed by atoms with E-state index in [0.29, 0.717) is 12.0 Å². The number of rotatable bonds is 4. The maximum atomic E-state index is 10.4. The first-order chi connectivity index (χ1) is 6.25. The van der Waals surface area contributed by atoms with Gasteiger partial charge in [0.25, 0.3) is 5.69 Å². The lowest BCUT2D eigenvalue weighted by molar-refractivity contribution is -0.387. The normalized spacial score (nSPS) is 9.23. The molecule has 1 aromatic carbocycles. The van der Waals surface area contributed by atoms with Crippen molar-refractivity contribution in [2.24, 2.45) is 0 Å². The molecule has 67 valence electrons. The van der Waals surface area contributed by atoms with E-state index in [9.17, 15) is 14.9 Å². The van der Waals surface area contributed by atoms with Crippen LogP contribution < -0.4 is 0 Å². The average molecular weight is 198 g/mol. The maximum absolute atomic E-state index is 10.4. The van der Waals surface area contributed by atoms with Crippen molar-refractivity contribution in [3.05, 3.63) is 34.4 Å². The molecule has 0 heterocycles. The van der Waals surface area contributed by atoms with Gasteiger partial charge in [-0.25, -0.2) is 4.79 Å². The zero-order chi connectivity index (χ0) is 9.68. The first-order valence-electron chi connectivity index (χ1n) is 3.20. The van der Waals surface area contributed by atoms with Crippen LogP contribution in [0.4, 0.5) is 5.69 Å². The van der Waals surface area contributed by atoms with Crippen LogP contribution in [0.1, 0.15) is 0 Å². The predicted molar refractivity (Wildman–Crippen MR) is 45.7 cm³/mol. The molecule has 1 rings (SSSR count). The van der Waals surface area contributed by atoms with Crippen LogP contribution in [0.5, 0.6) is 0 Å². The van der Waals surface area contributed by atoms with Crippen molar-refractivity contribution in [1.29, 1.82) is 0 Å². The zero-order valence-electron chi connectivity index (χ0n) is 6.30. The number of benzene rings is 1. The Morgan fingerprint density at radius 2 is 2.15 bits per heavy atom. The van der Waals surface area contributed by atoms with E-state index in [1.54, 1.807) is 6.07 Å². The first kappa shape index (κ1) is 9.53. The van der Waals surface area contributed by atoms with Crippen molar-refractivity contribution in [3.8, 4) is 0 Å². The lowest BCUT2D eigenvalue weighted by Crippen LogP contribution is -1.90. The van der Waals surface area contributed by atoms with E-state index in [1.165, 1.54) is 24.7 Å². The van der Waals surface area contributed by atoms with Crippen LogP contribution in [0.3, 0.4) is 0 Å². The van der Waals surface area contributed by atoms with Gasteiger partial charge >= 0.3 is 6.47 Å². The van der Waals surface area contributed by atoms with Crippen molar-refractivity contribution in [2.75, 3.05) is 0 Å². The highest BCUT2D eigenvalue weighted by Gasteiger charge is 2.13. The van der Waals surface area contributed by atoms with E-state index in [2.05, 4.69) is 4.18 Å². The summed E-state index contributed by atoms with van der Waals surface area (Å²) in [5, 5.41) is 10.4. The number of hydrogen-bond acceptors (Lipinski definition) is 5. The Kier molecular flexibility index (Phi) is 3.27. The second-order valence-electron chi connectivity index (χ2n) is 1.97. The Bertz CT molecular complexity index is 328. The molecule has 0 aromatic heterocycles. The van der Waals surface area contributed by atoms with Gasteiger partial charge in [-0.2, -0.15) is 0 Å². The molecular formula is C7H4NO4S. The van der Waals surface area contributed by atoms with Gasteiger partial charge in [0.2, 0.25) is 0 Å². The standard InChI is InChI=1S/C7H4NO4S/c9-5-12-13-7-4-2-1-3-6(7)8(10)11/h1-4H. The van der Waals surface area contributed by atoms with Crippen LogP contribution in [0.2, 0.25) is 0 Å². The summed E-state index contributed by atoms with van der Waals surface area (Å²) in [4.78, 5) is 19.9. The van der Waals surface area contributed by atoms with Gasteiger partial charge in [-0.3, -0.25) is 10.1 Å². The van der Waals surface area contributed by atoms with Gasteiger partial charge in [0.1, 0.15) is 16.9 Å². The Morgan fingerprint density at radius 1 is 1.46 bits per heavy atom. The summed E-state index contributed by atoms with van der Waals surface area (Å²) in [6, 6.07) is 5.97. The first-order valence-corrected chi connectivity index (χ1v) is 3.94. The van der Waals surface area contributed by atoms with Gasteiger partial charge < -0.3 is 4.18 Å². The molecule has 0 unspecified atom stereocenters. The fraction of sp³-hybridized carbons (Fsp3) is 0. The molecule has 0 atom stereocenters. The second kappa shape index (κ2) is 4.46. The molecule has 0 saturated heterocycles. The third kappa shape index (κ3) is 2.45. The van der Waals surface area contributed by atoms with Crippen LogP contribution in [0.15, 0.2) is 29.2 Å². The van der Waals surface area contributed by atoms with Crippen molar-refractivity contribution in [3.63, 3.8) is 0 Å². The van der Waals surface area contributed by atoms with Gasteiger partial charge in [0.05, 0.1) is 4.92 Å². The van der Waals surface area contributed by atoms with Crippen molar-refractivity contribution in [2.45, 2.75) is 4.90 Å². The minimum absolute atomic E-state index is 0.0947. The maximum Gasteiger partial charge on any atom is 0.430 e. The largest absolute Gasteiger partial charge is 0.430 e. The van der Waals surface area contributed by atoms with E-state index < -0.39 is 4.92 Å². The zero-order valence-corrected chi connectivity index (χ0v) is 7.11. The van der Waals surface area contributed by atoms with E-state index in [0.717, 1.165) is 0 Å². The molecule has 0 fully saturated rings. The molecule has 6 heteroatoms. The number of carbonyl (C=O) groups excluding carboxylic acids is 1. The predicted octanol–water partition coefficient (Wildman–Crippen LogP) is 1.69. The van der Waals surface area contributed by atoms with E-state index in [-0.39, 0.29) is 10.6 Å². The van der Waals surface area contributed by atoms with Gasteiger partial charge in [-0.1, -0.05) is 12.1 Å². The fourth-order valence-corrected chi connectivity index (χ4v) is 1.23. The highest BCUT2D eigenvalue weighted by Crippen LogP contribution is 2.28. The SMILES string of the molecule is O=[C]OSc1ccccc1[N+](=O)[O-]. The summed E-state index contributed by atoms with van der Waals surface area (Å²) in [7, 11) is 0. The minimum Gasteiger partial charge on any atom is -0.377 e. The van der Waals surface area contributed by atoms with Crippen molar-refractivity contribution < 1.29 is 13.9 Å². The molecule has 0 aliphatic rings. The molecule has 5 nitrogen and oxygen atoms in total. The average Bonchev–Trinajstić information content (AvgIpc) is 2.15. The van der Waals surface area contributed by atoms with E-state index in [4.69, 9.17) is 0 Å². The van der Waals surface area contributed by atoms with Crippen LogP contribution in [-0.4, -0.2) is 11.4 Å². The highest BCUT2D eigenvalue weighted by molar-refractivity contribution is 7.95. The minimum atomic E-state index is -0.545. The molecule has 13 heavy (non-hydrogen) atoms. The molecule has 0 aliphatic heterocycles. The molecule has 0 N–H and O–H groups in total. The third-order valence-electron chi connectivity index (χ3n) is 1.23. The van der Waals surface area contributed by atoms with Gasteiger partial charge in [-0.05, 0) is 6.07 Å². The molecule has 0 bridgehead atoms. The van der Waals surface area contributed by atoms with Crippen LogP contribution >= 0.6 is 12.0 Å². The Labute approximate surface area is 78.1 Å². The lowest BCUT2D eigenvalue weighted by Gasteiger charge is -1.97. The van der Waals surface area contributed by atoms with Crippen molar-refractivity contribution in [1.82, 2.24) is 0 Å². The summed E-state index contributed by atoms with van der Waals surface area (Å²) in [5.41, 5.74) is -0.0947. The molecular weight excluding hydrogens is 194 g/mol. The summed E-state index contributed by atoms with van der Waals surface area (Å²) in [6.07, 6.45) is 0. The molecule has 0 aliphatic carbocycles. The van der Waals surface area contributed by atoms with Crippen LogP contribution in [0.25, 0.3) is 0 Å². The van der Waals surface area contributed by atoms with E-state index >= 15 is 0 Å². The number of nitro groups is 1. The topological polar surface area (TPSA) is 69.4 Å². The van der Waals surface area contributed by atoms with E-state index in [1.807, 2.05) is 0 Å². The molecule has 0 amide bonds. The second-order valence-corrected chi connectivity index (χ2v) is 2.75. The Morgan fingerprint density at radius 3 is 2.77 bits per heavy atom. The fourth-order valence-electron chi connectivity index (χ4n) is 0.740. The smallest absolute Gasteiger partial charge is 0.377 e. The molecule has 1 radical (unpaired) electrons. The van der Waals surface area contributed by atoms with Crippen molar-refractivity contribution >= 4 is 24.2 Å².